The minimum Gasteiger partial charge on any atom is -0.481 e. The minimum atomic E-state index is -0.996. The zero-order chi connectivity index (χ0) is 14.3. The zero-order valence-corrected chi connectivity index (χ0v) is 12.5. The molecule has 1 aromatic heterocycles. The standard InChI is InChI=1S/C14H19NO4S/c1-18-12-6-5-11(13(15-12)19-2)14(16)7-9-3-4-10(8-14)20(9)17/h5-6,9-10,16H,3-4,7-8H2,1-2H3. The smallest absolute Gasteiger partial charge is 0.222 e. The van der Waals surface area contributed by atoms with Crippen LogP contribution in [0.3, 0.4) is 0 Å². The molecule has 20 heavy (non-hydrogen) atoms. The van der Waals surface area contributed by atoms with E-state index in [0.717, 1.165) is 12.8 Å². The first kappa shape index (κ1) is 13.8. The highest BCUT2D eigenvalue weighted by Crippen LogP contribution is 2.47. The van der Waals surface area contributed by atoms with Crippen molar-refractivity contribution in [3.8, 4) is 11.8 Å². The maximum Gasteiger partial charge on any atom is 0.222 e. The van der Waals surface area contributed by atoms with E-state index in [2.05, 4.69) is 4.98 Å². The molecule has 6 heteroatoms. The lowest BCUT2D eigenvalue weighted by Crippen LogP contribution is -2.40. The summed E-state index contributed by atoms with van der Waals surface area (Å²) in [6.07, 6.45) is 2.90. The monoisotopic (exact) mass is 297 g/mol. The Balaban J connectivity index is 1.98. The number of methoxy groups -OCH3 is 2. The van der Waals surface area contributed by atoms with Gasteiger partial charge < -0.3 is 14.6 Å². The molecule has 3 heterocycles. The van der Waals surface area contributed by atoms with Crippen molar-refractivity contribution in [3.05, 3.63) is 17.7 Å². The Hall–Kier alpha value is -1.14. The lowest BCUT2D eigenvalue weighted by Gasteiger charge is -2.36. The van der Waals surface area contributed by atoms with Crippen LogP contribution in [0.2, 0.25) is 0 Å². The molecular weight excluding hydrogens is 278 g/mol. The van der Waals surface area contributed by atoms with Gasteiger partial charge in [0.2, 0.25) is 11.8 Å². The second-order valence-corrected chi connectivity index (χ2v) is 7.49. The molecule has 5 nitrogen and oxygen atoms in total. The molecule has 0 saturated carbocycles. The van der Waals surface area contributed by atoms with E-state index in [0.29, 0.717) is 30.2 Å². The number of nitrogens with zero attached hydrogens (tertiary/aromatic N) is 1. The Labute approximate surface area is 120 Å². The van der Waals surface area contributed by atoms with E-state index in [9.17, 15) is 9.32 Å². The van der Waals surface area contributed by atoms with Crippen LogP contribution < -0.4 is 9.47 Å². The molecule has 2 atom stereocenters. The van der Waals surface area contributed by atoms with Crippen molar-refractivity contribution >= 4 is 10.8 Å². The van der Waals surface area contributed by atoms with Gasteiger partial charge in [-0.15, -0.1) is 0 Å². The zero-order valence-electron chi connectivity index (χ0n) is 11.7. The fourth-order valence-electron chi connectivity index (χ4n) is 3.35. The van der Waals surface area contributed by atoms with E-state index in [1.54, 1.807) is 19.2 Å². The maximum atomic E-state index is 12.1. The van der Waals surface area contributed by atoms with Crippen LogP contribution in [0.15, 0.2) is 12.1 Å². The van der Waals surface area contributed by atoms with Crippen LogP contribution in [0.25, 0.3) is 0 Å². The fourth-order valence-corrected chi connectivity index (χ4v) is 5.51. The average molecular weight is 297 g/mol. The molecule has 0 radical (unpaired) electrons. The first-order valence-corrected chi connectivity index (χ1v) is 8.06. The van der Waals surface area contributed by atoms with E-state index in [1.165, 1.54) is 7.11 Å². The van der Waals surface area contributed by atoms with Gasteiger partial charge in [-0.3, -0.25) is 4.21 Å². The van der Waals surface area contributed by atoms with Crippen LogP contribution in [0.1, 0.15) is 31.2 Å². The molecule has 1 N–H and O–H groups in total. The topological polar surface area (TPSA) is 68.7 Å². The summed E-state index contributed by atoms with van der Waals surface area (Å²) in [6, 6.07) is 3.53. The SMILES string of the molecule is COc1ccc(C2(O)CC3CCC(C2)S3=O)c(OC)n1. The first-order chi connectivity index (χ1) is 9.57. The summed E-state index contributed by atoms with van der Waals surface area (Å²) >= 11 is 0. The van der Waals surface area contributed by atoms with Crippen LogP contribution in [0.5, 0.6) is 11.8 Å². The van der Waals surface area contributed by atoms with Crippen LogP contribution in [-0.4, -0.2) is 39.0 Å². The van der Waals surface area contributed by atoms with Gasteiger partial charge in [0.1, 0.15) is 0 Å². The number of hydrogen-bond donors (Lipinski definition) is 1. The summed E-state index contributed by atoms with van der Waals surface area (Å²) in [7, 11) is 2.27. The molecule has 2 aliphatic rings. The normalized spacial score (nSPS) is 35.9. The third kappa shape index (κ3) is 2.11. The molecule has 0 amide bonds. The van der Waals surface area contributed by atoms with Gasteiger partial charge in [0.25, 0.3) is 0 Å². The Morgan fingerprint density at radius 3 is 2.45 bits per heavy atom. The highest BCUT2D eigenvalue weighted by molar-refractivity contribution is 7.86. The van der Waals surface area contributed by atoms with Crippen molar-refractivity contribution in [2.75, 3.05) is 14.2 Å². The number of aliphatic hydroxyl groups is 1. The molecule has 0 aliphatic carbocycles. The van der Waals surface area contributed by atoms with Crippen LogP contribution in [-0.2, 0) is 16.4 Å². The Morgan fingerprint density at radius 1 is 1.25 bits per heavy atom. The first-order valence-electron chi connectivity index (χ1n) is 6.78. The van der Waals surface area contributed by atoms with E-state index in [4.69, 9.17) is 9.47 Å². The second kappa shape index (κ2) is 5.00. The van der Waals surface area contributed by atoms with Gasteiger partial charge in [-0.05, 0) is 31.7 Å². The third-order valence-corrected chi connectivity index (χ3v) is 6.46. The Kier molecular flexibility index (Phi) is 3.46. The summed E-state index contributed by atoms with van der Waals surface area (Å²) in [5, 5.41) is 11.2. The summed E-state index contributed by atoms with van der Waals surface area (Å²) in [5.74, 6) is 0.843. The van der Waals surface area contributed by atoms with Crippen LogP contribution in [0.4, 0.5) is 0 Å². The minimum absolute atomic E-state index is 0.0885. The van der Waals surface area contributed by atoms with E-state index >= 15 is 0 Å². The number of aromatic nitrogens is 1. The number of hydrogen-bond acceptors (Lipinski definition) is 5. The molecule has 2 bridgehead atoms. The van der Waals surface area contributed by atoms with Crippen molar-refractivity contribution in [1.29, 1.82) is 0 Å². The van der Waals surface area contributed by atoms with E-state index in [1.807, 2.05) is 0 Å². The van der Waals surface area contributed by atoms with Crippen LogP contribution in [0, 0.1) is 0 Å². The molecule has 110 valence electrons. The third-order valence-electron chi connectivity index (χ3n) is 4.34. The fraction of sp³-hybridized carbons (Fsp3) is 0.643. The highest BCUT2D eigenvalue weighted by atomic mass is 32.2. The summed E-state index contributed by atoms with van der Waals surface area (Å²) in [5.41, 5.74) is -0.320. The number of fused-ring (bicyclic) bond motifs is 2. The van der Waals surface area contributed by atoms with E-state index < -0.39 is 16.4 Å². The average Bonchev–Trinajstić information content (AvgIpc) is 2.69. The molecule has 1 aromatic rings. The van der Waals surface area contributed by atoms with Gasteiger partial charge in [-0.25, -0.2) is 0 Å². The number of pyridine rings is 1. The molecular formula is C14H19NO4S. The summed E-state index contributed by atoms with van der Waals surface area (Å²) in [4.78, 5) is 4.24. The van der Waals surface area contributed by atoms with Crippen molar-refractivity contribution in [2.45, 2.75) is 41.8 Å². The largest absolute Gasteiger partial charge is 0.481 e. The van der Waals surface area contributed by atoms with Gasteiger partial charge in [-0.1, -0.05) is 0 Å². The molecule has 2 unspecified atom stereocenters. The molecule has 2 aliphatic heterocycles. The van der Waals surface area contributed by atoms with Gasteiger partial charge in [0, 0.05) is 32.9 Å². The quantitative estimate of drug-likeness (QED) is 0.912. The lowest BCUT2D eigenvalue weighted by molar-refractivity contribution is 0.0156. The predicted molar refractivity (Wildman–Crippen MR) is 75.4 cm³/mol. The predicted octanol–water partition coefficient (Wildman–Crippen LogP) is 1.36. The maximum absolute atomic E-state index is 12.1. The highest BCUT2D eigenvalue weighted by Gasteiger charge is 2.49. The lowest BCUT2D eigenvalue weighted by atomic mass is 9.86. The molecule has 0 aromatic carbocycles. The van der Waals surface area contributed by atoms with Gasteiger partial charge in [0.05, 0.1) is 19.8 Å². The van der Waals surface area contributed by atoms with Gasteiger partial charge in [0.15, 0.2) is 0 Å². The number of rotatable bonds is 3. The van der Waals surface area contributed by atoms with Gasteiger partial charge in [-0.2, -0.15) is 4.98 Å². The molecule has 0 spiro atoms. The van der Waals surface area contributed by atoms with Crippen molar-refractivity contribution < 1.29 is 18.8 Å². The summed E-state index contributed by atoms with van der Waals surface area (Å²) in [6.45, 7) is 0. The van der Waals surface area contributed by atoms with E-state index in [-0.39, 0.29) is 10.5 Å². The second-order valence-electron chi connectivity index (χ2n) is 5.50. The van der Waals surface area contributed by atoms with Crippen molar-refractivity contribution in [2.24, 2.45) is 0 Å². The summed E-state index contributed by atoms with van der Waals surface area (Å²) < 4.78 is 22.5. The Bertz CT molecular complexity index is 532. The Morgan fingerprint density at radius 2 is 1.90 bits per heavy atom. The van der Waals surface area contributed by atoms with Crippen molar-refractivity contribution in [3.63, 3.8) is 0 Å². The number of ether oxygens (including phenoxy) is 2. The molecule has 2 fully saturated rings. The van der Waals surface area contributed by atoms with Crippen molar-refractivity contribution in [1.82, 2.24) is 4.98 Å². The van der Waals surface area contributed by atoms with Gasteiger partial charge >= 0.3 is 0 Å². The molecule has 2 saturated heterocycles. The van der Waals surface area contributed by atoms with Crippen LogP contribution >= 0.6 is 0 Å². The molecule has 3 rings (SSSR count).